The van der Waals surface area contributed by atoms with Crippen LogP contribution in [0.15, 0.2) is 60.3 Å². The van der Waals surface area contributed by atoms with Crippen LogP contribution in [0.1, 0.15) is 24.4 Å². The van der Waals surface area contributed by atoms with Crippen molar-refractivity contribution in [1.29, 1.82) is 0 Å². The SMILES string of the molecule is C=CCn1c(SCC(=O)Nc2cc(C(F)(F)F)ccc2Cl)nnc1C(C)Oc1cccc(Cl)c1. The molecule has 12 heteroatoms. The molecule has 0 saturated heterocycles. The summed E-state index contributed by atoms with van der Waals surface area (Å²) < 4.78 is 46.5. The van der Waals surface area contributed by atoms with Crippen LogP contribution in [0.5, 0.6) is 5.75 Å². The molecule has 1 N–H and O–H groups in total. The Morgan fingerprint density at radius 3 is 2.71 bits per heavy atom. The largest absolute Gasteiger partial charge is 0.483 e. The van der Waals surface area contributed by atoms with Gasteiger partial charge in [-0.25, -0.2) is 0 Å². The number of hydrogen-bond acceptors (Lipinski definition) is 5. The lowest BCUT2D eigenvalue weighted by Crippen LogP contribution is -2.16. The third kappa shape index (κ3) is 6.68. The van der Waals surface area contributed by atoms with Gasteiger partial charge in [0.15, 0.2) is 17.1 Å². The predicted molar refractivity (Wildman–Crippen MR) is 127 cm³/mol. The Bertz CT molecular complexity index is 1190. The Balaban J connectivity index is 1.69. The fraction of sp³-hybridized carbons (Fsp3) is 0.227. The quantitative estimate of drug-likeness (QED) is 0.247. The maximum atomic E-state index is 12.9. The average molecular weight is 531 g/mol. The molecule has 34 heavy (non-hydrogen) atoms. The van der Waals surface area contributed by atoms with Crippen molar-refractivity contribution in [3.8, 4) is 5.75 Å². The number of benzene rings is 2. The van der Waals surface area contributed by atoms with Crippen molar-refractivity contribution in [2.24, 2.45) is 0 Å². The number of carbonyl (C=O) groups excluding carboxylic acids is 1. The van der Waals surface area contributed by atoms with Gasteiger partial charge in [-0.3, -0.25) is 9.36 Å². The number of ether oxygens (including phenoxy) is 1. The second-order valence-electron chi connectivity index (χ2n) is 6.99. The van der Waals surface area contributed by atoms with E-state index in [0.29, 0.717) is 28.3 Å². The Morgan fingerprint density at radius 1 is 1.26 bits per heavy atom. The van der Waals surface area contributed by atoms with Gasteiger partial charge in [0.05, 0.1) is 22.0 Å². The lowest BCUT2D eigenvalue weighted by atomic mass is 10.2. The lowest BCUT2D eigenvalue weighted by molar-refractivity contribution is -0.137. The number of rotatable bonds is 9. The molecule has 2 aromatic carbocycles. The molecule has 1 atom stereocenters. The van der Waals surface area contributed by atoms with Crippen LogP contribution in [0.2, 0.25) is 10.0 Å². The van der Waals surface area contributed by atoms with Crippen LogP contribution in [0.3, 0.4) is 0 Å². The number of hydrogen-bond donors (Lipinski definition) is 1. The number of nitrogens with zero attached hydrogens (tertiary/aromatic N) is 3. The molecule has 6 nitrogen and oxygen atoms in total. The topological polar surface area (TPSA) is 69.0 Å². The van der Waals surface area contributed by atoms with Crippen molar-refractivity contribution >= 4 is 46.6 Å². The Labute approximate surface area is 208 Å². The molecule has 0 spiro atoms. The van der Waals surface area contributed by atoms with Crippen molar-refractivity contribution in [3.63, 3.8) is 0 Å². The van der Waals surface area contributed by atoms with Gasteiger partial charge in [0.25, 0.3) is 0 Å². The molecule has 0 aliphatic rings. The maximum absolute atomic E-state index is 12.9. The third-order valence-electron chi connectivity index (χ3n) is 4.43. The fourth-order valence-corrected chi connectivity index (χ4v) is 4.02. The number of allylic oxidation sites excluding steroid dienone is 1. The first-order valence-corrected chi connectivity index (χ1v) is 11.6. The molecule has 0 aliphatic heterocycles. The minimum Gasteiger partial charge on any atom is -0.483 e. The summed E-state index contributed by atoms with van der Waals surface area (Å²) >= 11 is 13.0. The molecule has 0 saturated carbocycles. The zero-order valence-corrected chi connectivity index (χ0v) is 20.1. The van der Waals surface area contributed by atoms with Gasteiger partial charge < -0.3 is 10.1 Å². The van der Waals surface area contributed by atoms with E-state index in [1.54, 1.807) is 41.8 Å². The van der Waals surface area contributed by atoms with Gasteiger partial charge in [-0.05, 0) is 43.3 Å². The summed E-state index contributed by atoms with van der Waals surface area (Å²) in [4.78, 5) is 12.4. The number of aromatic nitrogens is 3. The van der Waals surface area contributed by atoms with E-state index in [1.165, 1.54) is 0 Å². The molecular formula is C22H19Cl2F3N4O2S. The van der Waals surface area contributed by atoms with E-state index in [9.17, 15) is 18.0 Å². The Kier molecular flexibility index (Phi) is 8.51. The van der Waals surface area contributed by atoms with E-state index in [-0.39, 0.29) is 16.5 Å². The summed E-state index contributed by atoms with van der Waals surface area (Å²) in [5.41, 5.74) is -1.04. The highest BCUT2D eigenvalue weighted by Crippen LogP contribution is 2.34. The van der Waals surface area contributed by atoms with Crippen LogP contribution >= 0.6 is 35.0 Å². The molecule has 0 bridgehead atoms. The second kappa shape index (κ2) is 11.2. The zero-order valence-electron chi connectivity index (χ0n) is 17.8. The molecule has 0 fully saturated rings. The summed E-state index contributed by atoms with van der Waals surface area (Å²) in [5.74, 6) is 0.373. The van der Waals surface area contributed by atoms with Gasteiger partial charge in [-0.1, -0.05) is 47.1 Å². The summed E-state index contributed by atoms with van der Waals surface area (Å²) in [6.45, 7) is 5.88. The van der Waals surface area contributed by atoms with Crippen molar-refractivity contribution in [1.82, 2.24) is 14.8 Å². The van der Waals surface area contributed by atoms with Crippen LogP contribution in [-0.2, 0) is 17.5 Å². The molecule has 1 heterocycles. The molecule has 1 amide bonds. The normalized spacial score (nSPS) is 12.3. The van der Waals surface area contributed by atoms with E-state index in [1.807, 2.05) is 0 Å². The number of halogens is 5. The van der Waals surface area contributed by atoms with E-state index < -0.39 is 23.8 Å². The van der Waals surface area contributed by atoms with Gasteiger partial charge in [0.1, 0.15) is 5.75 Å². The molecular weight excluding hydrogens is 512 g/mol. The highest BCUT2D eigenvalue weighted by molar-refractivity contribution is 7.99. The summed E-state index contributed by atoms with van der Waals surface area (Å²) in [7, 11) is 0. The number of amides is 1. The molecule has 1 unspecified atom stereocenters. The van der Waals surface area contributed by atoms with E-state index in [4.69, 9.17) is 27.9 Å². The fourth-order valence-electron chi connectivity index (χ4n) is 2.92. The molecule has 3 aromatic rings. The highest BCUT2D eigenvalue weighted by atomic mass is 35.5. The standard InChI is InChI=1S/C22H19Cl2F3N4O2S/c1-3-9-31-20(13(2)33-16-6-4-5-15(23)11-16)29-30-21(31)34-12-19(32)28-18-10-14(22(25,26)27)7-8-17(18)24/h3-8,10-11,13H,1,9,12H2,2H3,(H,28,32). The third-order valence-corrected chi connectivity index (χ3v) is 5.96. The highest BCUT2D eigenvalue weighted by Gasteiger charge is 2.31. The van der Waals surface area contributed by atoms with Gasteiger partial charge in [0.2, 0.25) is 5.91 Å². The maximum Gasteiger partial charge on any atom is 0.416 e. The summed E-state index contributed by atoms with van der Waals surface area (Å²) in [5, 5.41) is 11.6. The van der Waals surface area contributed by atoms with Crippen molar-refractivity contribution < 1.29 is 22.7 Å². The van der Waals surface area contributed by atoms with Crippen LogP contribution in [0, 0.1) is 0 Å². The summed E-state index contributed by atoms with van der Waals surface area (Å²) in [6, 6.07) is 9.64. The van der Waals surface area contributed by atoms with E-state index >= 15 is 0 Å². The van der Waals surface area contributed by atoms with Crippen molar-refractivity contribution in [3.05, 3.63) is 76.6 Å². The van der Waals surface area contributed by atoms with Gasteiger partial charge in [-0.15, -0.1) is 16.8 Å². The number of carbonyl (C=O) groups is 1. The number of alkyl halides is 3. The van der Waals surface area contributed by atoms with Crippen LogP contribution in [0.25, 0.3) is 0 Å². The summed E-state index contributed by atoms with van der Waals surface area (Å²) in [6.07, 6.45) is -3.40. The van der Waals surface area contributed by atoms with E-state index in [2.05, 4.69) is 22.1 Å². The molecule has 3 rings (SSSR count). The molecule has 0 radical (unpaired) electrons. The minimum atomic E-state index is -4.56. The van der Waals surface area contributed by atoms with Gasteiger partial charge in [-0.2, -0.15) is 13.2 Å². The van der Waals surface area contributed by atoms with Gasteiger partial charge in [0, 0.05) is 11.6 Å². The first-order valence-electron chi connectivity index (χ1n) is 9.84. The average Bonchev–Trinajstić information content (AvgIpc) is 3.16. The smallest absolute Gasteiger partial charge is 0.416 e. The monoisotopic (exact) mass is 530 g/mol. The molecule has 0 aliphatic carbocycles. The van der Waals surface area contributed by atoms with Gasteiger partial charge >= 0.3 is 6.18 Å². The zero-order chi connectivity index (χ0) is 24.9. The predicted octanol–water partition coefficient (Wildman–Crippen LogP) is 6.66. The lowest BCUT2D eigenvalue weighted by Gasteiger charge is -2.16. The van der Waals surface area contributed by atoms with Crippen molar-refractivity contribution in [2.75, 3.05) is 11.1 Å². The molecule has 180 valence electrons. The Hall–Kier alpha value is -2.69. The first kappa shape index (κ1) is 25.9. The van der Waals surface area contributed by atoms with Crippen LogP contribution < -0.4 is 10.1 Å². The van der Waals surface area contributed by atoms with E-state index in [0.717, 1.165) is 30.0 Å². The first-order chi connectivity index (χ1) is 16.1. The van der Waals surface area contributed by atoms with Crippen molar-refractivity contribution in [2.45, 2.75) is 30.9 Å². The van der Waals surface area contributed by atoms with Crippen LogP contribution in [-0.4, -0.2) is 26.4 Å². The van der Waals surface area contributed by atoms with Crippen LogP contribution in [0.4, 0.5) is 18.9 Å². The Morgan fingerprint density at radius 2 is 2.03 bits per heavy atom. The number of nitrogens with one attached hydrogen (secondary N) is 1. The second-order valence-corrected chi connectivity index (χ2v) is 8.77. The number of anilines is 1. The minimum absolute atomic E-state index is 0.00421. The molecule has 1 aromatic heterocycles. The number of thioether (sulfide) groups is 1.